The molecule has 0 atom stereocenters. The zero-order chi connectivity index (χ0) is 12.9. The molecule has 1 aromatic heterocycles. The van der Waals surface area contributed by atoms with Gasteiger partial charge in [-0.15, -0.1) is 0 Å². The number of hydrogen-bond acceptors (Lipinski definition) is 1. The van der Waals surface area contributed by atoms with Crippen molar-refractivity contribution in [2.45, 2.75) is 18.8 Å². The molecule has 1 aromatic carbocycles. The van der Waals surface area contributed by atoms with E-state index in [1.807, 2.05) is 11.7 Å². The topological polar surface area (TPSA) is 26.9 Å². The van der Waals surface area contributed by atoms with Crippen LogP contribution in [0.25, 0.3) is 5.69 Å². The largest absolute Gasteiger partial charge is 0.285 e. The first kappa shape index (κ1) is 11.9. The molecule has 0 radical (unpaired) electrons. The van der Waals surface area contributed by atoms with Crippen molar-refractivity contribution in [3.63, 3.8) is 0 Å². The van der Waals surface area contributed by atoms with Crippen LogP contribution in [0.3, 0.4) is 0 Å². The molecule has 0 bridgehead atoms. The van der Waals surface area contributed by atoms with E-state index in [1.54, 1.807) is 28.9 Å². The Morgan fingerprint density at radius 2 is 1.94 bits per heavy atom. The van der Waals surface area contributed by atoms with Gasteiger partial charge in [0.05, 0.1) is 10.7 Å². The van der Waals surface area contributed by atoms with Crippen molar-refractivity contribution in [3.8, 4) is 5.69 Å². The third-order valence-corrected chi connectivity index (χ3v) is 3.84. The second kappa shape index (κ2) is 4.18. The van der Waals surface area contributed by atoms with Gasteiger partial charge < -0.3 is 0 Å². The first-order chi connectivity index (χ1) is 8.58. The predicted octanol–water partition coefficient (Wildman–Crippen LogP) is 3.36. The molecule has 0 saturated heterocycles. The third-order valence-electron chi connectivity index (χ3n) is 3.29. The molecule has 1 aliphatic rings. The Balaban J connectivity index is 2.22. The normalized spacial score (nSPS) is 15.1. The zero-order valence-corrected chi connectivity index (χ0v) is 11.4. The fourth-order valence-electron chi connectivity index (χ4n) is 2.23. The van der Waals surface area contributed by atoms with Crippen molar-refractivity contribution in [1.82, 2.24) is 9.36 Å². The average Bonchev–Trinajstić information content (AvgIpc) is 3.11. The molecule has 18 heavy (non-hydrogen) atoms. The Morgan fingerprint density at radius 1 is 1.22 bits per heavy atom. The summed E-state index contributed by atoms with van der Waals surface area (Å²) in [5, 5.41) is 1.08. The van der Waals surface area contributed by atoms with E-state index >= 15 is 0 Å². The van der Waals surface area contributed by atoms with Crippen molar-refractivity contribution in [1.29, 1.82) is 0 Å². The second-order valence-electron chi connectivity index (χ2n) is 4.61. The lowest BCUT2D eigenvalue weighted by molar-refractivity contribution is 0.616. The van der Waals surface area contributed by atoms with Crippen LogP contribution in [0.4, 0.5) is 0 Å². The van der Waals surface area contributed by atoms with Gasteiger partial charge in [0.2, 0.25) is 0 Å². The van der Waals surface area contributed by atoms with Crippen LogP contribution in [0.5, 0.6) is 0 Å². The maximum atomic E-state index is 12.1. The van der Waals surface area contributed by atoms with Gasteiger partial charge in [0.25, 0.3) is 5.56 Å². The molecule has 0 N–H and O–H groups in total. The maximum absolute atomic E-state index is 12.1. The molecule has 1 aliphatic carbocycles. The van der Waals surface area contributed by atoms with Crippen molar-refractivity contribution in [2.24, 2.45) is 7.05 Å². The van der Waals surface area contributed by atoms with Gasteiger partial charge in [0.1, 0.15) is 0 Å². The van der Waals surface area contributed by atoms with E-state index in [0.29, 0.717) is 21.7 Å². The number of aromatic nitrogens is 2. The van der Waals surface area contributed by atoms with Gasteiger partial charge >= 0.3 is 0 Å². The fraction of sp³-hybridized carbons (Fsp3) is 0.308. The third kappa shape index (κ3) is 1.88. The Kier molecular flexibility index (Phi) is 2.76. The molecule has 94 valence electrons. The van der Waals surface area contributed by atoms with E-state index in [9.17, 15) is 4.79 Å². The average molecular weight is 283 g/mol. The van der Waals surface area contributed by atoms with Crippen LogP contribution in [0.15, 0.2) is 29.1 Å². The number of hydrogen-bond donors (Lipinski definition) is 0. The monoisotopic (exact) mass is 282 g/mol. The van der Waals surface area contributed by atoms with E-state index in [1.165, 1.54) is 0 Å². The molecule has 2 aromatic rings. The summed E-state index contributed by atoms with van der Waals surface area (Å²) in [4.78, 5) is 12.1. The van der Waals surface area contributed by atoms with Crippen molar-refractivity contribution in [2.75, 3.05) is 0 Å². The summed E-state index contributed by atoms with van der Waals surface area (Å²) in [5.41, 5.74) is 1.63. The SMILES string of the molecule is Cn1c(C2CC2)cc(=O)n1-c1cc(Cl)ccc1Cl. The second-order valence-corrected chi connectivity index (χ2v) is 5.46. The van der Waals surface area contributed by atoms with Gasteiger partial charge in [0.15, 0.2) is 0 Å². The van der Waals surface area contributed by atoms with Crippen LogP contribution < -0.4 is 5.56 Å². The molecular weight excluding hydrogens is 271 g/mol. The highest BCUT2D eigenvalue weighted by Gasteiger charge is 2.28. The maximum Gasteiger partial charge on any atom is 0.271 e. The number of halogens is 2. The van der Waals surface area contributed by atoms with Gasteiger partial charge in [0, 0.05) is 29.7 Å². The van der Waals surface area contributed by atoms with Crippen LogP contribution in [0.1, 0.15) is 24.5 Å². The smallest absolute Gasteiger partial charge is 0.271 e. The van der Waals surface area contributed by atoms with Crippen molar-refractivity contribution < 1.29 is 0 Å². The van der Waals surface area contributed by atoms with Gasteiger partial charge in [-0.2, -0.15) is 0 Å². The van der Waals surface area contributed by atoms with E-state index in [-0.39, 0.29) is 5.56 Å². The summed E-state index contributed by atoms with van der Waals surface area (Å²) >= 11 is 12.1. The van der Waals surface area contributed by atoms with Crippen LogP contribution >= 0.6 is 23.2 Å². The molecule has 0 amide bonds. The zero-order valence-electron chi connectivity index (χ0n) is 9.86. The van der Waals surface area contributed by atoms with Gasteiger partial charge in [-0.3, -0.25) is 9.48 Å². The van der Waals surface area contributed by atoms with Crippen LogP contribution in [0.2, 0.25) is 10.0 Å². The molecule has 1 heterocycles. The Hall–Kier alpha value is -1.19. The lowest BCUT2D eigenvalue weighted by atomic mass is 10.3. The quantitative estimate of drug-likeness (QED) is 0.830. The summed E-state index contributed by atoms with van der Waals surface area (Å²) < 4.78 is 3.44. The Bertz CT molecular complexity index is 668. The fourth-order valence-corrected chi connectivity index (χ4v) is 2.60. The van der Waals surface area contributed by atoms with E-state index in [4.69, 9.17) is 23.2 Å². The molecule has 1 saturated carbocycles. The van der Waals surface area contributed by atoms with Crippen LogP contribution in [0, 0.1) is 0 Å². The van der Waals surface area contributed by atoms with Crippen molar-refractivity contribution >= 4 is 23.2 Å². The summed E-state index contributed by atoms with van der Waals surface area (Å²) in [7, 11) is 1.88. The first-order valence-electron chi connectivity index (χ1n) is 5.82. The Labute approximate surface area is 115 Å². The highest BCUT2D eigenvalue weighted by atomic mass is 35.5. The minimum Gasteiger partial charge on any atom is -0.285 e. The number of benzene rings is 1. The van der Waals surface area contributed by atoms with E-state index in [0.717, 1.165) is 18.5 Å². The lowest BCUT2D eigenvalue weighted by Crippen LogP contribution is -2.19. The number of rotatable bonds is 2. The number of nitrogens with zero attached hydrogens (tertiary/aromatic N) is 2. The summed E-state index contributed by atoms with van der Waals surface area (Å²) in [6.45, 7) is 0. The van der Waals surface area contributed by atoms with Gasteiger partial charge in [-0.05, 0) is 31.0 Å². The minimum atomic E-state index is -0.0661. The van der Waals surface area contributed by atoms with Crippen LogP contribution in [-0.2, 0) is 7.05 Å². The molecule has 3 nitrogen and oxygen atoms in total. The molecule has 0 spiro atoms. The summed E-state index contributed by atoms with van der Waals surface area (Å²) in [5.74, 6) is 0.516. The summed E-state index contributed by atoms with van der Waals surface area (Å²) in [6, 6.07) is 6.81. The molecule has 0 unspecified atom stereocenters. The standard InChI is InChI=1S/C13H12Cl2N2O/c1-16-11(8-2-3-8)7-13(18)17(16)12-6-9(14)4-5-10(12)15/h4-8H,2-3H2,1H3. The molecule has 5 heteroatoms. The Morgan fingerprint density at radius 3 is 2.61 bits per heavy atom. The van der Waals surface area contributed by atoms with Crippen LogP contribution in [-0.4, -0.2) is 9.36 Å². The highest BCUT2D eigenvalue weighted by molar-refractivity contribution is 6.34. The lowest BCUT2D eigenvalue weighted by Gasteiger charge is -2.11. The van der Waals surface area contributed by atoms with E-state index < -0.39 is 0 Å². The van der Waals surface area contributed by atoms with E-state index in [2.05, 4.69) is 0 Å². The van der Waals surface area contributed by atoms with Crippen molar-refractivity contribution in [3.05, 3.63) is 50.4 Å². The molecule has 0 aliphatic heterocycles. The molecule has 1 fully saturated rings. The minimum absolute atomic E-state index is 0.0661. The predicted molar refractivity (Wildman–Crippen MR) is 73.0 cm³/mol. The van der Waals surface area contributed by atoms with Gasteiger partial charge in [-0.1, -0.05) is 23.2 Å². The summed E-state index contributed by atoms with van der Waals surface area (Å²) in [6.07, 6.45) is 2.31. The molecule has 3 rings (SSSR count). The molecular formula is C13H12Cl2N2O. The highest BCUT2D eigenvalue weighted by Crippen LogP contribution is 2.39. The first-order valence-corrected chi connectivity index (χ1v) is 6.58. The van der Waals surface area contributed by atoms with Gasteiger partial charge in [-0.25, -0.2) is 4.68 Å².